The fourth-order valence-corrected chi connectivity index (χ4v) is 1.14. The molecule has 0 aliphatic heterocycles. The standard InChI is InChI=1S/C7H13NO.ClH/c8-9-6-7-4-2-1-3-5-7;/h1-2,7H,3-6,8H2;1H. The van der Waals surface area contributed by atoms with Gasteiger partial charge in [0.15, 0.2) is 0 Å². The van der Waals surface area contributed by atoms with Crippen LogP contribution in [0, 0.1) is 5.92 Å². The van der Waals surface area contributed by atoms with Crippen LogP contribution in [0.5, 0.6) is 0 Å². The number of allylic oxidation sites excluding steroid dienone is 2. The van der Waals surface area contributed by atoms with Crippen molar-refractivity contribution in [2.24, 2.45) is 11.8 Å². The third kappa shape index (κ3) is 3.20. The Hall–Kier alpha value is -0.0500. The number of hydrogen-bond donors (Lipinski definition) is 1. The van der Waals surface area contributed by atoms with Gasteiger partial charge in [0.05, 0.1) is 6.61 Å². The molecule has 0 aromatic rings. The Balaban J connectivity index is 0.000000810. The monoisotopic (exact) mass is 163 g/mol. The fourth-order valence-electron chi connectivity index (χ4n) is 1.14. The van der Waals surface area contributed by atoms with Crippen molar-refractivity contribution >= 4 is 12.4 Å². The normalized spacial score (nSPS) is 23.9. The van der Waals surface area contributed by atoms with Gasteiger partial charge in [0.2, 0.25) is 0 Å². The topological polar surface area (TPSA) is 35.2 Å². The molecule has 1 unspecified atom stereocenters. The van der Waals surface area contributed by atoms with Crippen LogP contribution < -0.4 is 5.90 Å². The second-order valence-electron chi connectivity index (χ2n) is 2.48. The molecule has 0 radical (unpaired) electrons. The minimum absolute atomic E-state index is 0. The van der Waals surface area contributed by atoms with Crippen molar-refractivity contribution < 1.29 is 4.84 Å². The zero-order valence-corrected chi connectivity index (χ0v) is 6.77. The van der Waals surface area contributed by atoms with E-state index in [1.54, 1.807) is 0 Å². The predicted octanol–water partition coefficient (Wildman–Crippen LogP) is 1.65. The molecule has 3 heteroatoms. The first-order chi connectivity index (χ1) is 4.43. The minimum atomic E-state index is 0. The van der Waals surface area contributed by atoms with Crippen molar-refractivity contribution in [2.45, 2.75) is 19.3 Å². The lowest BCUT2D eigenvalue weighted by Crippen LogP contribution is -2.13. The van der Waals surface area contributed by atoms with Gasteiger partial charge in [0.25, 0.3) is 0 Å². The highest BCUT2D eigenvalue weighted by atomic mass is 35.5. The molecule has 1 rings (SSSR count). The largest absolute Gasteiger partial charge is 0.304 e. The van der Waals surface area contributed by atoms with Gasteiger partial charge in [-0.2, -0.15) is 0 Å². The molecule has 0 saturated carbocycles. The summed E-state index contributed by atoms with van der Waals surface area (Å²) in [6.45, 7) is 0.713. The van der Waals surface area contributed by atoms with Crippen LogP contribution in [0.15, 0.2) is 12.2 Å². The van der Waals surface area contributed by atoms with Gasteiger partial charge in [-0.1, -0.05) is 12.2 Å². The maximum Gasteiger partial charge on any atom is 0.0710 e. The van der Waals surface area contributed by atoms with Crippen molar-refractivity contribution in [3.05, 3.63) is 12.2 Å². The molecule has 0 heterocycles. The molecule has 1 atom stereocenters. The van der Waals surface area contributed by atoms with Gasteiger partial charge in [-0.3, -0.25) is 0 Å². The summed E-state index contributed by atoms with van der Waals surface area (Å²) in [5.41, 5.74) is 0. The third-order valence-electron chi connectivity index (χ3n) is 1.71. The van der Waals surface area contributed by atoms with E-state index in [0.717, 1.165) is 6.42 Å². The van der Waals surface area contributed by atoms with Gasteiger partial charge in [-0.25, -0.2) is 5.90 Å². The Kier molecular flexibility index (Phi) is 5.69. The summed E-state index contributed by atoms with van der Waals surface area (Å²) >= 11 is 0. The Morgan fingerprint density at radius 1 is 1.50 bits per heavy atom. The van der Waals surface area contributed by atoms with Gasteiger partial charge < -0.3 is 4.84 Å². The highest BCUT2D eigenvalue weighted by molar-refractivity contribution is 5.85. The fraction of sp³-hybridized carbons (Fsp3) is 0.714. The molecule has 0 bridgehead atoms. The number of halogens is 1. The summed E-state index contributed by atoms with van der Waals surface area (Å²) in [4.78, 5) is 4.55. The van der Waals surface area contributed by atoms with E-state index in [4.69, 9.17) is 5.90 Å². The van der Waals surface area contributed by atoms with Crippen LogP contribution in [0.25, 0.3) is 0 Å². The van der Waals surface area contributed by atoms with Crippen LogP contribution in [0.2, 0.25) is 0 Å². The average molecular weight is 164 g/mol. The molecule has 2 nitrogen and oxygen atoms in total. The summed E-state index contributed by atoms with van der Waals surface area (Å²) in [5.74, 6) is 5.60. The summed E-state index contributed by atoms with van der Waals surface area (Å²) in [6.07, 6.45) is 7.97. The molecular weight excluding hydrogens is 150 g/mol. The zero-order chi connectivity index (χ0) is 6.53. The molecular formula is C7H14ClNO. The van der Waals surface area contributed by atoms with E-state index >= 15 is 0 Å². The molecule has 1 aliphatic carbocycles. The van der Waals surface area contributed by atoms with Crippen molar-refractivity contribution in [3.63, 3.8) is 0 Å². The van der Waals surface area contributed by atoms with Crippen LogP contribution in [0.3, 0.4) is 0 Å². The first-order valence-corrected chi connectivity index (χ1v) is 3.40. The Morgan fingerprint density at radius 2 is 2.30 bits per heavy atom. The summed E-state index contributed by atoms with van der Waals surface area (Å²) in [6, 6.07) is 0. The highest BCUT2D eigenvalue weighted by Crippen LogP contribution is 2.17. The van der Waals surface area contributed by atoms with E-state index in [2.05, 4.69) is 17.0 Å². The number of rotatable bonds is 2. The Labute approximate surface area is 67.8 Å². The van der Waals surface area contributed by atoms with Crippen molar-refractivity contribution in [3.8, 4) is 0 Å². The van der Waals surface area contributed by atoms with E-state index in [0.29, 0.717) is 12.5 Å². The third-order valence-corrected chi connectivity index (χ3v) is 1.71. The molecule has 0 fully saturated rings. The first kappa shape index (κ1) is 9.95. The van der Waals surface area contributed by atoms with Crippen molar-refractivity contribution in [2.75, 3.05) is 6.61 Å². The number of nitrogens with two attached hydrogens (primary N) is 1. The van der Waals surface area contributed by atoms with E-state index < -0.39 is 0 Å². The lowest BCUT2D eigenvalue weighted by Gasteiger charge is -2.15. The molecule has 0 spiro atoms. The maximum atomic E-state index is 4.94. The van der Waals surface area contributed by atoms with Crippen LogP contribution >= 0.6 is 12.4 Å². The summed E-state index contributed by atoms with van der Waals surface area (Å²) < 4.78 is 0. The lowest BCUT2D eigenvalue weighted by molar-refractivity contribution is 0.0978. The maximum absolute atomic E-state index is 4.94. The second-order valence-corrected chi connectivity index (χ2v) is 2.48. The van der Waals surface area contributed by atoms with Crippen LogP contribution in [-0.2, 0) is 4.84 Å². The highest BCUT2D eigenvalue weighted by Gasteiger charge is 2.08. The van der Waals surface area contributed by atoms with E-state index in [1.807, 2.05) is 0 Å². The number of hydrogen-bond acceptors (Lipinski definition) is 2. The van der Waals surface area contributed by atoms with Crippen LogP contribution in [0.1, 0.15) is 19.3 Å². The van der Waals surface area contributed by atoms with Crippen LogP contribution in [0.4, 0.5) is 0 Å². The van der Waals surface area contributed by atoms with E-state index in [9.17, 15) is 0 Å². The van der Waals surface area contributed by atoms with Gasteiger partial charge >= 0.3 is 0 Å². The second kappa shape index (κ2) is 5.71. The Morgan fingerprint density at radius 3 is 2.80 bits per heavy atom. The summed E-state index contributed by atoms with van der Waals surface area (Å²) in [5, 5.41) is 0. The average Bonchev–Trinajstić information content (AvgIpc) is 1.91. The van der Waals surface area contributed by atoms with Crippen molar-refractivity contribution in [1.82, 2.24) is 0 Å². The SMILES string of the molecule is Cl.NOCC1CC=CCC1. The molecule has 0 amide bonds. The van der Waals surface area contributed by atoms with E-state index in [-0.39, 0.29) is 12.4 Å². The first-order valence-electron chi connectivity index (χ1n) is 3.40. The van der Waals surface area contributed by atoms with Gasteiger partial charge in [0.1, 0.15) is 0 Å². The zero-order valence-electron chi connectivity index (χ0n) is 5.95. The molecule has 60 valence electrons. The van der Waals surface area contributed by atoms with Gasteiger partial charge in [-0.15, -0.1) is 12.4 Å². The Bertz CT molecular complexity index is 106. The molecule has 2 N–H and O–H groups in total. The summed E-state index contributed by atoms with van der Waals surface area (Å²) in [7, 11) is 0. The van der Waals surface area contributed by atoms with Crippen LogP contribution in [-0.4, -0.2) is 6.61 Å². The molecule has 0 aromatic carbocycles. The van der Waals surface area contributed by atoms with Gasteiger partial charge in [-0.05, 0) is 25.2 Å². The smallest absolute Gasteiger partial charge is 0.0710 e. The predicted molar refractivity (Wildman–Crippen MR) is 43.9 cm³/mol. The molecule has 10 heavy (non-hydrogen) atoms. The molecule has 0 aromatic heterocycles. The quantitative estimate of drug-likeness (QED) is 0.497. The molecule has 0 saturated heterocycles. The molecule has 1 aliphatic rings. The van der Waals surface area contributed by atoms with E-state index in [1.165, 1.54) is 12.8 Å². The van der Waals surface area contributed by atoms with Gasteiger partial charge in [0, 0.05) is 0 Å². The minimum Gasteiger partial charge on any atom is -0.304 e. The lowest BCUT2D eigenvalue weighted by atomic mass is 9.96. The van der Waals surface area contributed by atoms with Crippen molar-refractivity contribution in [1.29, 1.82) is 0 Å².